The van der Waals surface area contributed by atoms with Gasteiger partial charge in [-0.3, -0.25) is 9.20 Å². The lowest BCUT2D eigenvalue weighted by Gasteiger charge is -2.36. The summed E-state index contributed by atoms with van der Waals surface area (Å²) in [7, 11) is 0. The SMILES string of the molecule is Cc1nnc2c(NCCCCNC(=O)[C@@H](NC(=O)OCC(C)C)C(C)C)nc3cc(N4C[C@H](C)O[C@@H](C)C4)ccc3n12. The number of nitrogens with one attached hydrogen (secondary N) is 3. The molecule has 1 fully saturated rings. The smallest absolute Gasteiger partial charge is 0.407 e. The van der Waals surface area contributed by atoms with Crippen LogP contribution in [0.5, 0.6) is 0 Å². The molecule has 0 aliphatic carbocycles. The fraction of sp³-hybridized carbons (Fsp3) is 0.633. The van der Waals surface area contributed by atoms with Crippen molar-refractivity contribution in [2.24, 2.45) is 11.8 Å². The molecule has 2 amide bonds. The van der Waals surface area contributed by atoms with Crippen molar-refractivity contribution in [2.75, 3.05) is 43.0 Å². The number of nitrogens with zero attached hydrogens (tertiary/aromatic N) is 5. The van der Waals surface area contributed by atoms with Gasteiger partial charge in [0.05, 0.1) is 29.8 Å². The van der Waals surface area contributed by atoms with Crippen LogP contribution in [-0.4, -0.2) is 82.6 Å². The lowest BCUT2D eigenvalue weighted by atomic mass is 10.0. The Kier molecular flexibility index (Phi) is 10.4. The first-order valence-corrected chi connectivity index (χ1v) is 15.0. The normalized spacial score (nSPS) is 18.1. The highest BCUT2D eigenvalue weighted by Crippen LogP contribution is 2.27. The van der Waals surface area contributed by atoms with E-state index < -0.39 is 12.1 Å². The molecule has 12 heteroatoms. The van der Waals surface area contributed by atoms with Gasteiger partial charge >= 0.3 is 6.09 Å². The quantitative estimate of drug-likeness (QED) is 0.272. The van der Waals surface area contributed by atoms with Gasteiger partial charge in [-0.05, 0) is 63.6 Å². The standard InChI is InChI=1S/C30H46N8O4/c1-18(2)17-41-30(40)34-26(19(3)4)29(39)32-13-9-8-12-31-27-28-36-35-22(7)38(28)25-11-10-23(14-24(25)33-27)37-15-20(5)42-21(6)16-37/h10-11,14,18-21,26H,8-9,12-13,15-17H2,1-7H3,(H,31,33)(H,32,39)(H,34,40)/t20-,21-,26-/m0/s1. The second-order valence-corrected chi connectivity index (χ2v) is 12.0. The number of hydrogen-bond donors (Lipinski definition) is 3. The van der Waals surface area contributed by atoms with Crippen molar-refractivity contribution in [3.8, 4) is 0 Å². The first kappa shape index (κ1) is 31.3. The van der Waals surface area contributed by atoms with Crippen molar-refractivity contribution >= 4 is 40.2 Å². The monoisotopic (exact) mass is 582 g/mol. The van der Waals surface area contributed by atoms with Gasteiger partial charge in [-0.2, -0.15) is 0 Å². The minimum Gasteiger partial charge on any atom is -0.449 e. The fourth-order valence-corrected chi connectivity index (χ4v) is 5.19. The zero-order valence-corrected chi connectivity index (χ0v) is 25.9. The Morgan fingerprint density at radius 3 is 2.48 bits per heavy atom. The van der Waals surface area contributed by atoms with E-state index in [-0.39, 0.29) is 30.0 Å². The third-order valence-electron chi connectivity index (χ3n) is 7.22. The molecule has 2 aromatic heterocycles. The van der Waals surface area contributed by atoms with Crippen molar-refractivity contribution < 1.29 is 19.1 Å². The Morgan fingerprint density at radius 1 is 1.07 bits per heavy atom. The third kappa shape index (κ3) is 7.78. The van der Waals surface area contributed by atoms with Crippen LogP contribution in [0.3, 0.4) is 0 Å². The molecule has 1 aromatic carbocycles. The van der Waals surface area contributed by atoms with Crippen LogP contribution in [0.15, 0.2) is 18.2 Å². The fourth-order valence-electron chi connectivity index (χ4n) is 5.19. The van der Waals surface area contributed by atoms with E-state index in [0.29, 0.717) is 31.2 Å². The summed E-state index contributed by atoms with van der Waals surface area (Å²) in [6.45, 7) is 17.0. The molecular formula is C30H46N8O4. The van der Waals surface area contributed by atoms with Crippen LogP contribution < -0.4 is 20.9 Å². The molecule has 12 nitrogen and oxygen atoms in total. The molecule has 3 atom stereocenters. The van der Waals surface area contributed by atoms with Crippen LogP contribution >= 0.6 is 0 Å². The van der Waals surface area contributed by atoms with Crippen LogP contribution in [-0.2, 0) is 14.3 Å². The number of alkyl carbamates (subject to hydrolysis) is 1. The van der Waals surface area contributed by atoms with E-state index in [0.717, 1.165) is 48.5 Å². The highest BCUT2D eigenvalue weighted by Gasteiger charge is 2.25. The lowest BCUT2D eigenvalue weighted by molar-refractivity contribution is -0.124. The van der Waals surface area contributed by atoms with Gasteiger partial charge in [0.25, 0.3) is 0 Å². The van der Waals surface area contributed by atoms with Gasteiger partial charge in [0, 0.05) is 31.9 Å². The van der Waals surface area contributed by atoms with Crippen molar-refractivity contribution in [3.63, 3.8) is 0 Å². The highest BCUT2D eigenvalue weighted by atomic mass is 16.5. The molecular weight excluding hydrogens is 536 g/mol. The topological polar surface area (TPSA) is 135 Å². The molecule has 0 unspecified atom stereocenters. The molecule has 0 saturated carbocycles. The number of morpholine rings is 1. The predicted molar refractivity (Wildman–Crippen MR) is 164 cm³/mol. The summed E-state index contributed by atoms with van der Waals surface area (Å²) in [5, 5.41) is 17.7. The average molecular weight is 583 g/mol. The van der Waals surface area contributed by atoms with Crippen LogP contribution in [0.2, 0.25) is 0 Å². The second kappa shape index (κ2) is 14.0. The maximum Gasteiger partial charge on any atom is 0.407 e. The minimum absolute atomic E-state index is 0.0678. The van der Waals surface area contributed by atoms with Gasteiger partial charge < -0.3 is 30.3 Å². The number of hydrogen-bond acceptors (Lipinski definition) is 9. The first-order chi connectivity index (χ1) is 20.0. The van der Waals surface area contributed by atoms with Crippen LogP contribution in [0.25, 0.3) is 16.7 Å². The van der Waals surface area contributed by atoms with Crippen LogP contribution in [0.4, 0.5) is 16.3 Å². The van der Waals surface area contributed by atoms with Gasteiger partial charge in [0.1, 0.15) is 11.9 Å². The van der Waals surface area contributed by atoms with E-state index in [1.807, 2.05) is 39.0 Å². The summed E-state index contributed by atoms with van der Waals surface area (Å²) < 4.78 is 13.1. The Morgan fingerprint density at radius 2 is 1.79 bits per heavy atom. The number of aryl methyl sites for hydroxylation is 1. The second-order valence-electron chi connectivity index (χ2n) is 12.0. The number of amides is 2. The molecule has 0 spiro atoms. The van der Waals surface area contributed by atoms with E-state index in [1.165, 1.54) is 0 Å². The van der Waals surface area contributed by atoms with E-state index >= 15 is 0 Å². The average Bonchev–Trinajstić information content (AvgIpc) is 3.33. The zero-order chi connectivity index (χ0) is 30.4. The Hall–Kier alpha value is -3.67. The van der Waals surface area contributed by atoms with Crippen molar-refractivity contribution in [1.82, 2.24) is 30.2 Å². The minimum atomic E-state index is -0.650. The maximum absolute atomic E-state index is 12.7. The van der Waals surface area contributed by atoms with Gasteiger partial charge in [0.15, 0.2) is 5.82 Å². The number of ether oxygens (including phenoxy) is 2. The number of carbonyl (C=O) groups excluding carboxylic acids is 2. The number of anilines is 2. The summed E-state index contributed by atoms with van der Waals surface area (Å²) >= 11 is 0. The summed E-state index contributed by atoms with van der Waals surface area (Å²) in [6.07, 6.45) is 1.33. The molecule has 42 heavy (non-hydrogen) atoms. The number of rotatable bonds is 12. The number of carbonyl (C=O) groups is 2. The van der Waals surface area contributed by atoms with Crippen LogP contribution in [0, 0.1) is 18.8 Å². The van der Waals surface area contributed by atoms with E-state index in [2.05, 4.69) is 63.1 Å². The van der Waals surface area contributed by atoms with Crippen molar-refractivity contribution in [2.45, 2.75) is 79.6 Å². The summed E-state index contributed by atoms with van der Waals surface area (Å²) in [6, 6.07) is 5.69. The predicted octanol–water partition coefficient (Wildman–Crippen LogP) is 3.91. The Bertz CT molecular complexity index is 1360. The highest BCUT2D eigenvalue weighted by molar-refractivity contribution is 5.86. The number of benzene rings is 1. The molecule has 3 N–H and O–H groups in total. The van der Waals surface area contributed by atoms with E-state index in [4.69, 9.17) is 14.5 Å². The largest absolute Gasteiger partial charge is 0.449 e. The van der Waals surface area contributed by atoms with Crippen molar-refractivity contribution in [3.05, 3.63) is 24.0 Å². The summed E-state index contributed by atoms with van der Waals surface area (Å²) in [5.41, 5.74) is 3.62. The molecule has 4 rings (SSSR count). The molecule has 1 aliphatic rings. The molecule has 0 radical (unpaired) electrons. The molecule has 230 valence electrons. The van der Waals surface area contributed by atoms with Crippen molar-refractivity contribution in [1.29, 1.82) is 0 Å². The molecule has 1 aliphatic heterocycles. The maximum atomic E-state index is 12.7. The van der Waals surface area contributed by atoms with Crippen LogP contribution in [0.1, 0.15) is 60.2 Å². The molecule has 0 bridgehead atoms. The first-order valence-electron chi connectivity index (χ1n) is 15.0. The summed E-state index contributed by atoms with van der Waals surface area (Å²) in [4.78, 5) is 32.1. The zero-order valence-electron chi connectivity index (χ0n) is 25.9. The van der Waals surface area contributed by atoms with E-state index in [1.54, 1.807) is 0 Å². The third-order valence-corrected chi connectivity index (χ3v) is 7.22. The van der Waals surface area contributed by atoms with E-state index in [9.17, 15) is 9.59 Å². The Labute approximate surface area is 247 Å². The van der Waals surface area contributed by atoms with Gasteiger partial charge in [-0.15, -0.1) is 10.2 Å². The number of aromatic nitrogens is 4. The molecule has 1 saturated heterocycles. The summed E-state index contributed by atoms with van der Waals surface area (Å²) in [5.74, 6) is 1.42. The number of unbranched alkanes of at least 4 members (excludes halogenated alkanes) is 1. The van der Waals surface area contributed by atoms with Gasteiger partial charge in [0.2, 0.25) is 11.6 Å². The molecule has 3 aromatic rings. The van der Waals surface area contributed by atoms with Gasteiger partial charge in [-0.25, -0.2) is 9.78 Å². The lowest BCUT2D eigenvalue weighted by Crippen LogP contribution is -2.50. The number of fused-ring (bicyclic) bond motifs is 3. The van der Waals surface area contributed by atoms with Gasteiger partial charge in [-0.1, -0.05) is 27.7 Å². The molecule has 3 heterocycles. The Balaban J connectivity index is 1.34.